The molecule has 2 amide bonds. The van der Waals surface area contributed by atoms with E-state index in [9.17, 15) is 9.59 Å². The molecule has 3 aliphatic carbocycles. The predicted octanol–water partition coefficient (Wildman–Crippen LogP) is 4.69. The Hall–Kier alpha value is -3.69. The summed E-state index contributed by atoms with van der Waals surface area (Å²) in [6.45, 7) is 0.105. The van der Waals surface area contributed by atoms with Gasteiger partial charge in [0, 0.05) is 21.9 Å². The molecule has 2 bridgehead atoms. The van der Waals surface area contributed by atoms with Crippen LogP contribution in [0.5, 0.6) is 5.75 Å². The van der Waals surface area contributed by atoms with Gasteiger partial charge in [-0.2, -0.15) is 10.1 Å². The van der Waals surface area contributed by atoms with E-state index < -0.39 is 11.8 Å². The van der Waals surface area contributed by atoms with E-state index in [-0.39, 0.29) is 30.3 Å². The summed E-state index contributed by atoms with van der Waals surface area (Å²) in [4.78, 5) is 27.3. The molecule has 7 rings (SSSR count). The highest BCUT2D eigenvalue weighted by atomic mass is 79.9. The molecule has 1 aliphatic heterocycles. The van der Waals surface area contributed by atoms with Crippen molar-refractivity contribution in [2.75, 3.05) is 6.61 Å². The molecule has 0 N–H and O–H groups in total. The van der Waals surface area contributed by atoms with Crippen molar-refractivity contribution in [3.8, 4) is 18.1 Å². The Kier molecular flexibility index (Phi) is 4.89. The lowest BCUT2D eigenvalue weighted by molar-refractivity contribution is -0.139. The summed E-state index contributed by atoms with van der Waals surface area (Å²) in [6.07, 6.45) is 6.81. The van der Waals surface area contributed by atoms with Gasteiger partial charge in [0.05, 0.1) is 18.1 Å². The lowest BCUT2D eigenvalue weighted by atomic mass is 9.55. The first-order valence-corrected chi connectivity index (χ1v) is 11.8. The average Bonchev–Trinajstić information content (AvgIpc) is 3.12. The van der Waals surface area contributed by atoms with Gasteiger partial charge in [-0.3, -0.25) is 9.59 Å². The van der Waals surface area contributed by atoms with E-state index in [0.717, 1.165) is 31.7 Å². The molecule has 5 nitrogen and oxygen atoms in total. The standard InChI is InChI=1S/C28H19BrN2O3/c1-2-13-34-22-12-11-17(29)14-16(22)15-30-31-27(32)25-23-18-7-3-4-8-19(18)24(26(25)28(31)33)21-10-6-5-9-20(21)23/h1,3-12,14-15,23-26H,13H2/b30-15-/t23?,24?,25-,26-/m0/s1. The number of hydrazone groups is 1. The lowest BCUT2D eigenvalue weighted by Crippen LogP contribution is -2.41. The average molecular weight is 511 g/mol. The summed E-state index contributed by atoms with van der Waals surface area (Å²) in [7, 11) is 0. The van der Waals surface area contributed by atoms with Gasteiger partial charge in [-0.05, 0) is 40.5 Å². The van der Waals surface area contributed by atoms with Gasteiger partial charge in [-0.15, -0.1) is 6.42 Å². The quantitative estimate of drug-likeness (QED) is 0.290. The number of halogens is 1. The molecule has 1 fully saturated rings. The van der Waals surface area contributed by atoms with Crippen LogP contribution in [0.15, 0.2) is 76.3 Å². The number of benzene rings is 3. The van der Waals surface area contributed by atoms with E-state index in [4.69, 9.17) is 11.2 Å². The fourth-order valence-corrected chi connectivity index (χ4v) is 6.15. The molecule has 6 heteroatoms. The van der Waals surface area contributed by atoms with Crippen LogP contribution in [0, 0.1) is 24.2 Å². The van der Waals surface area contributed by atoms with E-state index >= 15 is 0 Å². The van der Waals surface area contributed by atoms with Crippen LogP contribution < -0.4 is 4.74 Å². The number of ether oxygens (including phenoxy) is 1. The van der Waals surface area contributed by atoms with Crippen molar-refractivity contribution >= 4 is 34.0 Å². The molecule has 4 aliphatic rings. The van der Waals surface area contributed by atoms with Gasteiger partial charge in [-0.25, -0.2) is 0 Å². The minimum atomic E-state index is -0.459. The Morgan fingerprint density at radius 1 is 0.912 bits per heavy atom. The minimum absolute atomic E-state index is 0.105. The minimum Gasteiger partial charge on any atom is -0.480 e. The van der Waals surface area contributed by atoms with Gasteiger partial charge in [0.1, 0.15) is 12.4 Å². The molecule has 0 aromatic heterocycles. The Morgan fingerprint density at radius 2 is 1.44 bits per heavy atom. The van der Waals surface area contributed by atoms with E-state index in [2.05, 4.69) is 51.2 Å². The van der Waals surface area contributed by atoms with Crippen molar-refractivity contribution in [3.05, 3.63) is 99.0 Å². The number of hydrogen-bond donors (Lipinski definition) is 0. The first kappa shape index (κ1) is 20.9. The fraction of sp³-hybridized carbons (Fsp3) is 0.179. The van der Waals surface area contributed by atoms with E-state index in [0.29, 0.717) is 11.3 Å². The molecular formula is C28H19BrN2O3. The summed E-state index contributed by atoms with van der Waals surface area (Å²) >= 11 is 3.44. The molecule has 1 saturated heterocycles. The Morgan fingerprint density at radius 3 is 1.94 bits per heavy atom. The highest BCUT2D eigenvalue weighted by Crippen LogP contribution is 2.60. The fourth-order valence-electron chi connectivity index (χ4n) is 5.77. The Bertz CT molecular complexity index is 1310. The largest absolute Gasteiger partial charge is 0.480 e. The van der Waals surface area contributed by atoms with E-state index in [1.165, 1.54) is 6.21 Å². The van der Waals surface area contributed by atoms with Crippen LogP contribution >= 0.6 is 15.9 Å². The van der Waals surface area contributed by atoms with Crippen molar-refractivity contribution in [2.24, 2.45) is 16.9 Å². The maximum atomic E-state index is 13.6. The summed E-state index contributed by atoms with van der Waals surface area (Å²) in [6, 6.07) is 21.7. The molecule has 3 aromatic carbocycles. The van der Waals surface area contributed by atoms with Crippen LogP contribution in [0.2, 0.25) is 0 Å². The summed E-state index contributed by atoms with van der Waals surface area (Å²) < 4.78 is 6.42. The topological polar surface area (TPSA) is 59.0 Å². The number of hydrogen-bond acceptors (Lipinski definition) is 4. The highest BCUT2D eigenvalue weighted by molar-refractivity contribution is 9.10. The zero-order chi connectivity index (χ0) is 23.4. The normalized spacial score (nSPS) is 24.1. The lowest BCUT2D eigenvalue weighted by Gasteiger charge is -2.45. The van der Waals surface area contributed by atoms with Crippen LogP contribution in [0.4, 0.5) is 0 Å². The van der Waals surface area contributed by atoms with Crippen LogP contribution in [-0.4, -0.2) is 29.6 Å². The van der Waals surface area contributed by atoms with Crippen LogP contribution in [-0.2, 0) is 9.59 Å². The van der Waals surface area contributed by atoms with Gasteiger partial charge in [-0.1, -0.05) is 70.4 Å². The number of carbonyl (C=O) groups is 2. The molecule has 0 radical (unpaired) electrons. The van der Waals surface area contributed by atoms with Gasteiger partial charge < -0.3 is 4.74 Å². The zero-order valence-corrected chi connectivity index (χ0v) is 19.6. The van der Waals surface area contributed by atoms with Crippen molar-refractivity contribution in [1.82, 2.24) is 5.01 Å². The molecule has 3 aromatic rings. The monoisotopic (exact) mass is 510 g/mol. The number of amides is 2. The van der Waals surface area contributed by atoms with E-state index in [1.54, 1.807) is 6.07 Å². The first-order valence-electron chi connectivity index (χ1n) is 11.1. The third kappa shape index (κ3) is 2.97. The smallest absolute Gasteiger partial charge is 0.254 e. The molecule has 2 atom stereocenters. The van der Waals surface area contributed by atoms with Gasteiger partial charge in [0.25, 0.3) is 11.8 Å². The predicted molar refractivity (Wildman–Crippen MR) is 131 cm³/mol. The second-order valence-electron chi connectivity index (χ2n) is 8.67. The summed E-state index contributed by atoms with van der Waals surface area (Å²) in [5.41, 5.74) is 5.16. The second-order valence-corrected chi connectivity index (χ2v) is 9.59. The molecule has 34 heavy (non-hydrogen) atoms. The summed E-state index contributed by atoms with van der Waals surface area (Å²) in [5, 5.41) is 5.42. The highest BCUT2D eigenvalue weighted by Gasteiger charge is 2.61. The van der Waals surface area contributed by atoms with Crippen molar-refractivity contribution < 1.29 is 14.3 Å². The Labute approximate surface area is 205 Å². The van der Waals surface area contributed by atoms with Crippen molar-refractivity contribution in [3.63, 3.8) is 0 Å². The van der Waals surface area contributed by atoms with Crippen LogP contribution in [0.25, 0.3) is 0 Å². The van der Waals surface area contributed by atoms with Crippen molar-refractivity contribution in [2.45, 2.75) is 11.8 Å². The number of carbonyl (C=O) groups excluding carboxylic acids is 2. The van der Waals surface area contributed by atoms with Gasteiger partial charge in [0.2, 0.25) is 0 Å². The van der Waals surface area contributed by atoms with Crippen molar-refractivity contribution in [1.29, 1.82) is 0 Å². The SMILES string of the molecule is C#CCOc1ccc(Br)cc1/C=N\N1C(=O)[C@H]2C3c4ccccc4C(c4ccccc43)[C@@H]2C1=O. The molecule has 0 saturated carbocycles. The third-order valence-corrected chi connectivity index (χ3v) is 7.51. The molecule has 0 unspecified atom stereocenters. The third-order valence-electron chi connectivity index (χ3n) is 7.02. The molecule has 1 heterocycles. The first-order chi connectivity index (χ1) is 16.6. The number of rotatable bonds is 4. The van der Waals surface area contributed by atoms with Gasteiger partial charge in [0.15, 0.2) is 0 Å². The maximum absolute atomic E-state index is 13.6. The van der Waals surface area contributed by atoms with Crippen LogP contribution in [0.3, 0.4) is 0 Å². The molecule has 0 spiro atoms. The van der Waals surface area contributed by atoms with E-state index in [1.807, 2.05) is 36.4 Å². The zero-order valence-electron chi connectivity index (χ0n) is 18.0. The number of terminal acetylenes is 1. The second kappa shape index (κ2) is 7.96. The summed E-state index contributed by atoms with van der Waals surface area (Å²) in [5.74, 6) is 1.23. The van der Waals surface area contributed by atoms with Gasteiger partial charge >= 0.3 is 0 Å². The molecular weight excluding hydrogens is 492 g/mol. The maximum Gasteiger partial charge on any atom is 0.254 e. The molecule has 166 valence electrons. The number of imide groups is 1. The van der Waals surface area contributed by atoms with Crippen LogP contribution in [0.1, 0.15) is 39.7 Å². The number of nitrogens with zero attached hydrogens (tertiary/aromatic N) is 2. The Balaban J connectivity index is 1.40.